The van der Waals surface area contributed by atoms with Gasteiger partial charge in [-0.25, -0.2) is 9.78 Å². The van der Waals surface area contributed by atoms with E-state index in [-0.39, 0.29) is 5.56 Å². The van der Waals surface area contributed by atoms with E-state index in [1.54, 1.807) is 18.3 Å². The van der Waals surface area contributed by atoms with Crippen molar-refractivity contribution in [2.45, 2.75) is 33.0 Å². The topological polar surface area (TPSA) is 124 Å². The van der Waals surface area contributed by atoms with Gasteiger partial charge in [0, 0.05) is 60.3 Å². The van der Waals surface area contributed by atoms with Crippen molar-refractivity contribution in [3.05, 3.63) is 125 Å². The Balaban J connectivity index is 1.37. The summed E-state index contributed by atoms with van der Waals surface area (Å²) in [5, 5.41) is 5.78. The fourth-order valence-corrected chi connectivity index (χ4v) is 5.93. The van der Waals surface area contributed by atoms with E-state index in [1.807, 2.05) is 18.3 Å². The first-order valence-electron chi connectivity index (χ1n) is 15.2. The van der Waals surface area contributed by atoms with E-state index >= 15 is 0 Å². The van der Waals surface area contributed by atoms with Gasteiger partial charge in [0.1, 0.15) is 11.2 Å². The van der Waals surface area contributed by atoms with E-state index in [1.165, 1.54) is 22.9 Å². The number of benzene rings is 4. The van der Waals surface area contributed by atoms with Gasteiger partial charge < -0.3 is 25.0 Å². The highest BCUT2D eigenvalue weighted by Crippen LogP contribution is 2.33. The van der Waals surface area contributed by atoms with Crippen LogP contribution in [0.3, 0.4) is 0 Å². The average molecular weight is 612 g/mol. The van der Waals surface area contributed by atoms with E-state index < -0.39 is 5.97 Å². The first-order valence-corrected chi connectivity index (χ1v) is 15.2. The zero-order chi connectivity index (χ0) is 31.6. The molecule has 0 aliphatic heterocycles. The van der Waals surface area contributed by atoms with Crippen LogP contribution in [0.5, 0.6) is 0 Å². The molecule has 0 aliphatic rings. The maximum atomic E-state index is 13.6. The van der Waals surface area contributed by atoms with Gasteiger partial charge in [-0.15, -0.1) is 5.10 Å². The Morgan fingerprint density at radius 1 is 0.935 bits per heavy atom. The number of aromatic amines is 1. The van der Waals surface area contributed by atoms with Crippen LogP contribution in [-0.2, 0) is 24.4 Å². The van der Waals surface area contributed by atoms with Crippen LogP contribution in [0.4, 0.5) is 5.69 Å². The molecule has 0 radical (unpaired) electrons. The number of H-pyrrole nitrogens is 1. The molecule has 10 heteroatoms. The average Bonchev–Trinajstić information content (AvgIpc) is 3.62. The van der Waals surface area contributed by atoms with Crippen LogP contribution >= 0.6 is 0 Å². The lowest BCUT2D eigenvalue weighted by molar-refractivity contribution is -0.142. The summed E-state index contributed by atoms with van der Waals surface area (Å²) in [7, 11) is 0. The van der Waals surface area contributed by atoms with Crippen molar-refractivity contribution in [1.29, 1.82) is 0 Å². The number of nitrogens with zero attached hydrogens (tertiary/aromatic N) is 5. The summed E-state index contributed by atoms with van der Waals surface area (Å²) in [6.07, 6.45) is 4.36. The lowest BCUT2D eigenvalue weighted by Crippen LogP contribution is -2.22. The molecule has 0 fully saturated rings. The number of carbonyl (C=O) groups is 1. The second kappa shape index (κ2) is 12.3. The van der Waals surface area contributed by atoms with Gasteiger partial charge in [-0.2, -0.15) is 0 Å². The Hall–Kier alpha value is -5.74. The van der Waals surface area contributed by atoms with Crippen molar-refractivity contribution < 1.29 is 9.63 Å². The number of anilines is 1. The fraction of sp³-hybridized carbons (Fsp3) is 0.167. The normalized spacial score (nSPS) is 11.4. The quantitative estimate of drug-likeness (QED) is 0.212. The minimum Gasteiger partial charge on any atom is -0.363 e. The molecule has 10 nitrogen and oxygen atoms in total. The molecular weight excluding hydrogens is 578 g/mol. The highest BCUT2D eigenvalue weighted by Gasteiger charge is 2.19. The third-order valence-corrected chi connectivity index (χ3v) is 8.08. The van der Waals surface area contributed by atoms with Gasteiger partial charge in [-0.05, 0) is 54.4 Å². The number of aryl methyl sites for hydroxylation is 1. The number of rotatable bonds is 10. The summed E-state index contributed by atoms with van der Waals surface area (Å²) in [6.45, 7) is 4.00. The monoisotopic (exact) mass is 611 g/mol. The number of carbonyl (C=O) groups excluding carboxylic acids is 1. The number of aromatic nitrogens is 5. The standard InChI is InChI=1S/C36H33N7O3/c1-24(44)46-43-34-19-32-31(17-27(34)20-38-43)40-36(45)35(39-32)30-23-41(16-8-15-37)33-14-13-28(18-29(30)33)42(21-25-9-4-2-5-10-25)22-26-11-6-3-7-12-26/h2-7,9-14,17-20,23H,8,15-16,21-22,37H2,1H3,(H,40,45). The first-order chi connectivity index (χ1) is 22.5. The van der Waals surface area contributed by atoms with Crippen LogP contribution in [0.25, 0.3) is 44.1 Å². The molecule has 0 aliphatic carbocycles. The summed E-state index contributed by atoms with van der Waals surface area (Å²) in [4.78, 5) is 41.9. The predicted octanol–water partition coefficient (Wildman–Crippen LogP) is 5.43. The number of fused-ring (bicyclic) bond motifs is 3. The van der Waals surface area contributed by atoms with Crippen molar-refractivity contribution >= 4 is 44.5 Å². The van der Waals surface area contributed by atoms with E-state index in [0.717, 1.165) is 28.6 Å². The molecule has 0 saturated heterocycles. The molecule has 4 aromatic carbocycles. The molecule has 0 bridgehead atoms. The van der Waals surface area contributed by atoms with Crippen molar-refractivity contribution in [2.24, 2.45) is 5.73 Å². The number of hydrogen-bond donors (Lipinski definition) is 2. The van der Waals surface area contributed by atoms with Crippen LogP contribution in [0.2, 0.25) is 0 Å². The van der Waals surface area contributed by atoms with Gasteiger partial charge in [-0.1, -0.05) is 65.5 Å². The van der Waals surface area contributed by atoms with Crippen LogP contribution < -0.4 is 21.0 Å². The number of hydrogen-bond acceptors (Lipinski definition) is 7. The zero-order valence-corrected chi connectivity index (χ0v) is 25.4. The van der Waals surface area contributed by atoms with E-state index in [0.29, 0.717) is 53.8 Å². The summed E-state index contributed by atoms with van der Waals surface area (Å²) in [5.74, 6) is -0.491. The Morgan fingerprint density at radius 3 is 2.33 bits per heavy atom. The smallest absolute Gasteiger partial charge is 0.331 e. The molecule has 3 N–H and O–H groups in total. The molecule has 0 atom stereocenters. The minimum absolute atomic E-state index is 0.298. The van der Waals surface area contributed by atoms with Gasteiger partial charge in [0.25, 0.3) is 5.56 Å². The van der Waals surface area contributed by atoms with Gasteiger partial charge in [0.2, 0.25) is 0 Å². The molecule has 0 unspecified atom stereocenters. The van der Waals surface area contributed by atoms with Crippen molar-refractivity contribution in [3.8, 4) is 11.3 Å². The molecule has 46 heavy (non-hydrogen) atoms. The molecule has 3 aromatic heterocycles. The molecule has 7 rings (SSSR count). The van der Waals surface area contributed by atoms with Crippen molar-refractivity contribution in [3.63, 3.8) is 0 Å². The van der Waals surface area contributed by atoms with Crippen LogP contribution in [0, 0.1) is 0 Å². The van der Waals surface area contributed by atoms with Crippen molar-refractivity contribution in [1.82, 2.24) is 24.5 Å². The summed E-state index contributed by atoms with van der Waals surface area (Å²) < 4.78 is 2.14. The Labute approximate surface area is 264 Å². The van der Waals surface area contributed by atoms with Gasteiger partial charge >= 0.3 is 5.97 Å². The number of nitrogens with one attached hydrogen (secondary N) is 1. The summed E-state index contributed by atoms with van der Waals surface area (Å²) in [6, 6.07) is 30.8. The molecule has 0 saturated carbocycles. The molecular formula is C36H33N7O3. The lowest BCUT2D eigenvalue weighted by Gasteiger charge is -2.26. The highest BCUT2D eigenvalue weighted by atomic mass is 16.7. The Morgan fingerprint density at radius 2 is 1.65 bits per heavy atom. The van der Waals surface area contributed by atoms with Crippen LogP contribution in [0.15, 0.2) is 108 Å². The third-order valence-electron chi connectivity index (χ3n) is 8.08. The van der Waals surface area contributed by atoms with Gasteiger partial charge in [-0.3, -0.25) is 4.79 Å². The van der Waals surface area contributed by atoms with Crippen LogP contribution in [-0.4, -0.2) is 37.0 Å². The van der Waals surface area contributed by atoms with E-state index in [2.05, 4.69) is 86.3 Å². The second-order valence-corrected chi connectivity index (χ2v) is 11.4. The fourth-order valence-electron chi connectivity index (χ4n) is 5.93. The predicted molar refractivity (Wildman–Crippen MR) is 180 cm³/mol. The Bertz CT molecular complexity index is 2200. The van der Waals surface area contributed by atoms with Crippen molar-refractivity contribution in [2.75, 3.05) is 11.4 Å². The zero-order valence-electron chi connectivity index (χ0n) is 25.4. The molecule has 230 valence electrons. The first kappa shape index (κ1) is 29.0. The summed E-state index contributed by atoms with van der Waals surface area (Å²) >= 11 is 0. The largest absolute Gasteiger partial charge is 0.363 e. The van der Waals surface area contributed by atoms with E-state index in [4.69, 9.17) is 15.6 Å². The van der Waals surface area contributed by atoms with Crippen LogP contribution in [0.1, 0.15) is 24.5 Å². The van der Waals surface area contributed by atoms with Gasteiger partial charge in [0.15, 0.2) is 0 Å². The Kier molecular flexibility index (Phi) is 7.78. The van der Waals surface area contributed by atoms with Gasteiger partial charge in [0.05, 0.1) is 17.2 Å². The lowest BCUT2D eigenvalue weighted by atomic mass is 10.1. The van der Waals surface area contributed by atoms with E-state index in [9.17, 15) is 9.59 Å². The molecule has 0 spiro atoms. The SMILES string of the molecule is CC(=O)On1ncc2cc3[nH]c(=O)c(-c4cn(CCCN)c5ccc(N(Cc6ccccc6)Cc6ccccc6)cc45)nc3cc21. The summed E-state index contributed by atoms with van der Waals surface area (Å²) in [5.41, 5.74) is 12.7. The maximum absolute atomic E-state index is 13.6. The highest BCUT2D eigenvalue weighted by molar-refractivity contribution is 5.99. The third kappa shape index (κ3) is 5.73. The minimum atomic E-state index is -0.491. The molecule has 3 heterocycles. The molecule has 0 amide bonds. The number of nitrogens with two attached hydrogens (primary N) is 1. The molecule has 7 aromatic rings. The maximum Gasteiger partial charge on any atom is 0.331 e. The second-order valence-electron chi connectivity index (χ2n) is 11.4.